The molecular weight excluding hydrogens is 332 g/mol. The number of likely N-dealkylation sites (tertiary alicyclic amines) is 1. The maximum atomic E-state index is 13.0. The van der Waals surface area contributed by atoms with Crippen molar-refractivity contribution < 1.29 is 8.42 Å². The minimum atomic E-state index is -3.35. The molecule has 1 aliphatic carbocycles. The van der Waals surface area contributed by atoms with Crippen molar-refractivity contribution in [3.63, 3.8) is 0 Å². The molecule has 0 amide bonds. The molecule has 0 bridgehead atoms. The molecule has 0 spiro atoms. The molecule has 3 fully saturated rings. The Morgan fingerprint density at radius 3 is 2.52 bits per heavy atom. The van der Waals surface area contributed by atoms with Gasteiger partial charge in [-0.15, -0.1) is 0 Å². The molecular formula is C20H30N2O2S. The second-order valence-electron chi connectivity index (χ2n) is 8.20. The van der Waals surface area contributed by atoms with E-state index in [1.54, 1.807) is 10.4 Å². The second-order valence-corrected chi connectivity index (χ2v) is 10.1. The zero-order valence-electron chi connectivity index (χ0n) is 15.2. The number of rotatable bonds is 4. The third-order valence-electron chi connectivity index (χ3n) is 6.52. The van der Waals surface area contributed by atoms with Crippen LogP contribution < -0.4 is 0 Å². The number of nitrogens with zero attached hydrogens (tertiary/aromatic N) is 2. The van der Waals surface area contributed by atoms with Crippen molar-refractivity contribution in [2.75, 3.05) is 26.2 Å². The third kappa shape index (κ3) is 3.38. The summed E-state index contributed by atoms with van der Waals surface area (Å²) < 4.78 is 27.7. The minimum Gasteiger partial charge on any atom is -0.299 e. The summed E-state index contributed by atoms with van der Waals surface area (Å²) >= 11 is 0. The van der Waals surface area contributed by atoms with Gasteiger partial charge in [-0.3, -0.25) is 4.90 Å². The SMILES string of the molecule is Cc1ccccc1S(=O)(=O)N1CC[C@H]2[C@H](CN2CC2CCCCC2)C1. The van der Waals surface area contributed by atoms with Gasteiger partial charge in [0, 0.05) is 38.1 Å². The normalized spacial score (nSPS) is 29.2. The first-order valence-electron chi connectivity index (χ1n) is 9.85. The van der Waals surface area contributed by atoms with E-state index in [0.717, 1.165) is 24.4 Å². The molecule has 4 nitrogen and oxygen atoms in total. The lowest BCUT2D eigenvalue weighted by Gasteiger charge is -2.54. The van der Waals surface area contributed by atoms with Gasteiger partial charge in [-0.2, -0.15) is 4.31 Å². The number of fused-ring (bicyclic) bond motifs is 1. The number of aryl methyl sites for hydroxylation is 1. The van der Waals surface area contributed by atoms with Gasteiger partial charge in [0.2, 0.25) is 10.0 Å². The van der Waals surface area contributed by atoms with Gasteiger partial charge in [-0.25, -0.2) is 8.42 Å². The molecule has 0 N–H and O–H groups in total. The van der Waals surface area contributed by atoms with Crippen molar-refractivity contribution in [1.29, 1.82) is 0 Å². The Morgan fingerprint density at radius 1 is 1.04 bits per heavy atom. The van der Waals surface area contributed by atoms with Crippen LogP contribution in [0.25, 0.3) is 0 Å². The topological polar surface area (TPSA) is 40.6 Å². The Bertz CT molecular complexity index is 712. The van der Waals surface area contributed by atoms with Gasteiger partial charge in [0.15, 0.2) is 0 Å². The van der Waals surface area contributed by atoms with Gasteiger partial charge in [0.05, 0.1) is 4.90 Å². The summed E-state index contributed by atoms with van der Waals surface area (Å²) in [4.78, 5) is 3.12. The average molecular weight is 363 g/mol. The van der Waals surface area contributed by atoms with Crippen LogP contribution in [-0.2, 0) is 10.0 Å². The molecule has 25 heavy (non-hydrogen) atoms. The van der Waals surface area contributed by atoms with Crippen LogP contribution in [0.3, 0.4) is 0 Å². The quantitative estimate of drug-likeness (QED) is 0.825. The monoisotopic (exact) mass is 362 g/mol. The van der Waals surface area contributed by atoms with Crippen LogP contribution >= 0.6 is 0 Å². The summed E-state index contributed by atoms with van der Waals surface area (Å²) in [6, 6.07) is 7.96. The minimum absolute atomic E-state index is 0.479. The number of hydrogen-bond acceptors (Lipinski definition) is 3. The average Bonchev–Trinajstić information content (AvgIpc) is 2.60. The third-order valence-corrected chi connectivity index (χ3v) is 8.55. The van der Waals surface area contributed by atoms with Crippen molar-refractivity contribution in [3.8, 4) is 0 Å². The molecule has 5 heteroatoms. The molecule has 2 saturated heterocycles. The van der Waals surface area contributed by atoms with E-state index >= 15 is 0 Å². The lowest BCUT2D eigenvalue weighted by atomic mass is 9.81. The molecule has 0 aromatic heterocycles. The fraction of sp³-hybridized carbons (Fsp3) is 0.700. The summed E-state index contributed by atoms with van der Waals surface area (Å²) in [6.45, 7) is 5.57. The lowest BCUT2D eigenvalue weighted by Crippen LogP contribution is -2.64. The molecule has 1 aromatic carbocycles. The van der Waals surface area contributed by atoms with Crippen molar-refractivity contribution in [1.82, 2.24) is 9.21 Å². The summed E-state index contributed by atoms with van der Waals surface area (Å²) in [5.41, 5.74) is 0.845. The molecule has 1 aromatic rings. The highest BCUT2D eigenvalue weighted by Crippen LogP contribution is 2.37. The Morgan fingerprint density at radius 2 is 1.80 bits per heavy atom. The van der Waals surface area contributed by atoms with E-state index in [2.05, 4.69) is 4.90 Å². The Kier molecular flexibility index (Phi) is 4.91. The van der Waals surface area contributed by atoms with Crippen LogP contribution in [0.1, 0.15) is 44.1 Å². The maximum absolute atomic E-state index is 13.0. The number of benzene rings is 1. The molecule has 2 heterocycles. The van der Waals surface area contributed by atoms with E-state index in [1.165, 1.54) is 38.6 Å². The van der Waals surface area contributed by atoms with Crippen molar-refractivity contribution in [2.45, 2.75) is 56.4 Å². The summed E-state index contributed by atoms with van der Waals surface area (Å²) in [5.74, 6) is 1.40. The largest absolute Gasteiger partial charge is 0.299 e. The van der Waals surface area contributed by atoms with Gasteiger partial charge in [0.25, 0.3) is 0 Å². The van der Waals surface area contributed by atoms with Crippen LogP contribution in [0.4, 0.5) is 0 Å². The molecule has 3 aliphatic rings. The highest BCUT2D eigenvalue weighted by Gasteiger charge is 2.45. The maximum Gasteiger partial charge on any atom is 0.243 e. The molecule has 2 aliphatic heterocycles. The van der Waals surface area contributed by atoms with Gasteiger partial charge < -0.3 is 0 Å². The first-order valence-corrected chi connectivity index (χ1v) is 11.3. The van der Waals surface area contributed by atoms with Crippen molar-refractivity contribution >= 4 is 10.0 Å². The molecule has 1 saturated carbocycles. The van der Waals surface area contributed by atoms with Gasteiger partial charge in [-0.1, -0.05) is 37.5 Å². The van der Waals surface area contributed by atoms with E-state index in [1.807, 2.05) is 25.1 Å². The number of piperidine rings is 1. The summed E-state index contributed by atoms with van der Waals surface area (Å²) in [5, 5.41) is 0. The summed E-state index contributed by atoms with van der Waals surface area (Å²) in [6.07, 6.45) is 7.98. The first kappa shape index (κ1) is 17.5. The number of hydrogen-bond donors (Lipinski definition) is 0. The smallest absolute Gasteiger partial charge is 0.243 e. The van der Waals surface area contributed by atoms with Crippen LogP contribution in [0, 0.1) is 18.8 Å². The summed E-state index contributed by atoms with van der Waals surface area (Å²) in [7, 11) is -3.35. The Balaban J connectivity index is 1.38. The zero-order valence-corrected chi connectivity index (χ0v) is 16.0. The van der Waals surface area contributed by atoms with E-state index in [9.17, 15) is 8.42 Å². The van der Waals surface area contributed by atoms with Crippen LogP contribution in [0.15, 0.2) is 29.2 Å². The van der Waals surface area contributed by atoms with E-state index in [-0.39, 0.29) is 0 Å². The van der Waals surface area contributed by atoms with Crippen LogP contribution in [-0.4, -0.2) is 49.8 Å². The highest BCUT2D eigenvalue weighted by molar-refractivity contribution is 7.89. The standard InChI is InChI=1S/C20H30N2O2S/c1-16-7-5-6-10-20(16)25(23,24)22-12-11-19-18(15-22)14-21(19)13-17-8-3-2-4-9-17/h5-7,10,17-19H,2-4,8-9,11-15H2,1H3/t18-,19+/m1/s1. The molecule has 2 atom stereocenters. The fourth-order valence-electron chi connectivity index (χ4n) is 5.06. The fourth-order valence-corrected chi connectivity index (χ4v) is 6.80. The first-order chi connectivity index (χ1) is 12.1. The predicted octanol–water partition coefficient (Wildman–Crippen LogP) is 3.27. The van der Waals surface area contributed by atoms with E-state index in [4.69, 9.17) is 0 Å². The second kappa shape index (κ2) is 7.01. The van der Waals surface area contributed by atoms with Crippen molar-refractivity contribution in [2.24, 2.45) is 11.8 Å². The van der Waals surface area contributed by atoms with Gasteiger partial charge in [0.1, 0.15) is 0 Å². The molecule has 138 valence electrons. The Hall–Kier alpha value is -0.910. The molecule has 0 radical (unpaired) electrons. The van der Waals surface area contributed by atoms with Crippen molar-refractivity contribution in [3.05, 3.63) is 29.8 Å². The zero-order chi connectivity index (χ0) is 17.4. The predicted molar refractivity (Wildman–Crippen MR) is 100.0 cm³/mol. The van der Waals surface area contributed by atoms with E-state index in [0.29, 0.717) is 29.9 Å². The van der Waals surface area contributed by atoms with E-state index < -0.39 is 10.0 Å². The Labute approximate surface area is 152 Å². The highest BCUT2D eigenvalue weighted by atomic mass is 32.2. The lowest BCUT2D eigenvalue weighted by molar-refractivity contribution is -0.0369. The van der Waals surface area contributed by atoms with Crippen LogP contribution in [0.2, 0.25) is 0 Å². The number of sulfonamides is 1. The van der Waals surface area contributed by atoms with Crippen LogP contribution in [0.5, 0.6) is 0 Å². The molecule has 0 unspecified atom stereocenters. The molecule has 4 rings (SSSR count). The van der Waals surface area contributed by atoms with Gasteiger partial charge in [-0.05, 0) is 43.7 Å². The van der Waals surface area contributed by atoms with Gasteiger partial charge >= 0.3 is 0 Å².